The van der Waals surface area contributed by atoms with Gasteiger partial charge in [-0.15, -0.1) is 0 Å². The molecule has 0 saturated carbocycles. The molecule has 0 aliphatic carbocycles. The van der Waals surface area contributed by atoms with E-state index in [9.17, 15) is 4.79 Å². The highest BCUT2D eigenvalue weighted by atomic mass is 16.5. The van der Waals surface area contributed by atoms with Crippen LogP contribution in [0.1, 0.15) is 27.2 Å². The summed E-state index contributed by atoms with van der Waals surface area (Å²) in [5.74, 6) is 0.345. The van der Waals surface area contributed by atoms with Crippen molar-refractivity contribution in [3.8, 4) is 11.4 Å². The molecule has 0 saturated heterocycles. The van der Waals surface area contributed by atoms with Crippen molar-refractivity contribution in [2.24, 2.45) is 0 Å². The van der Waals surface area contributed by atoms with Gasteiger partial charge in [0.2, 0.25) is 0 Å². The third kappa shape index (κ3) is 3.55. The van der Waals surface area contributed by atoms with Crippen molar-refractivity contribution in [3.05, 3.63) is 77.1 Å². The second-order valence-corrected chi connectivity index (χ2v) is 5.77. The summed E-state index contributed by atoms with van der Waals surface area (Å²) in [6.45, 7) is 4.06. The van der Waals surface area contributed by atoms with Crippen molar-refractivity contribution >= 4 is 5.97 Å². The van der Waals surface area contributed by atoms with Gasteiger partial charge in [0.15, 0.2) is 0 Å². The van der Waals surface area contributed by atoms with E-state index in [0.29, 0.717) is 5.56 Å². The first-order valence-corrected chi connectivity index (χ1v) is 8.01. The average Bonchev–Trinajstić information content (AvgIpc) is 3.01. The van der Waals surface area contributed by atoms with Crippen molar-refractivity contribution in [1.29, 1.82) is 0 Å². The Bertz CT molecular complexity index is 899. The number of benzene rings is 2. The maximum Gasteiger partial charge on any atom is 0.341 e. The zero-order valence-electron chi connectivity index (χ0n) is 14.5. The summed E-state index contributed by atoms with van der Waals surface area (Å²) in [6, 6.07) is 15.4. The molecule has 5 heteroatoms. The van der Waals surface area contributed by atoms with E-state index in [2.05, 4.69) is 5.10 Å². The fourth-order valence-electron chi connectivity index (χ4n) is 2.64. The lowest BCUT2D eigenvalue weighted by Gasteiger charge is -2.09. The minimum Gasteiger partial charge on any atom is -0.497 e. The summed E-state index contributed by atoms with van der Waals surface area (Å²) >= 11 is 0. The Balaban J connectivity index is 1.76. The van der Waals surface area contributed by atoms with Crippen molar-refractivity contribution in [2.45, 2.75) is 20.5 Å². The third-order valence-electron chi connectivity index (χ3n) is 4.08. The number of carbonyl (C=O) groups is 1. The van der Waals surface area contributed by atoms with Crippen LogP contribution in [0.5, 0.6) is 5.75 Å². The lowest BCUT2D eigenvalue weighted by molar-refractivity contribution is 0.0471. The van der Waals surface area contributed by atoms with Gasteiger partial charge in [-0.2, -0.15) is 5.10 Å². The molecule has 0 aliphatic heterocycles. The Morgan fingerprint density at radius 3 is 2.68 bits per heavy atom. The van der Waals surface area contributed by atoms with E-state index in [-0.39, 0.29) is 12.6 Å². The smallest absolute Gasteiger partial charge is 0.341 e. The molecule has 0 spiro atoms. The van der Waals surface area contributed by atoms with Crippen molar-refractivity contribution in [3.63, 3.8) is 0 Å². The fourth-order valence-corrected chi connectivity index (χ4v) is 2.64. The molecule has 0 amide bonds. The molecule has 2 aromatic carbocycles. The minimum absolute atomic E-state index is 0.186. The number of carbonyl (C=O) groups excluding carboxylic acids is 1. The summed E-state index contributed by atoms with van der Waals surface area (Å²) < 4.78 is 12.4. The Hall–Kier alpha value is -3.08. The average molecular weight is 336 g/mol. The van der Waals surface area contributed by atoms with Gasteiger partial charge in [-0.3, -0.25) is 0 Å². The van der Waals surface area contributed by atoms with Crippen LogP contribution in [0, 0.1) is 13.8 Å². The summed E-state index contributed by atoms with van der Waals surface area (Å²) in [4.78, 5) is 12.4. The van der Waals surface area contributed by atoms with Gasteiger partial charge in [0.25, 0.3) is 0 Å². The van der Waals surface area contributed by atoms with Crippen LogP contribution in [0.2, 0.25) is 0 Å². The number of aromatic nitrogens is 2. The molecule has 3 aromatic rings. The Labute approximate surface area is 146 Å². The second-order valence-electron chi connectivity index (χ2n) is 5.77. The number of esters is 1. The maximum absolute atomic E-state index is 12.4. The van der Waals surface area contributed by atoms with Crippen LogP contribution >= 0.6 is 0 Å². The van der Waals surface area contributed by atoms with Crippen LogP contribution in [-0.4, -0.2) is 22.9 Å². The first kappa shape index (κ1) is 16.8. The van der Waals surface area contributed by atoms with Gasteiger partial charge in [0.05, 0.1) is 24.7 Å². The highest BCUT2D eigenvalue weighted by molar-refractivity contribution is 5.90. The monoisotopic (exact) mass is 336 g/mol. The van der Waals surface area contributed by atoms with Gasteiger partial charge >= 0.3 is 5.97 Å². The van der Waals surface area contributed by atoms with Crippen molar-refractivity contribution < 1.29 is 14.3 Å². The molecule has 25 heavy (non-hydrogen) atoms. The molecule has 0 aliphatic rings. The Morgan fingerprint density at radius 2 is 1.92 bits per heavy atom. The van der Waals surface area contributed by atoms with Gasteiger partial charge in [-0.05, 0) is 43.2 Å². The number of methoxy groups -OCH3 is 1. The number of ether oxygens (including phenoxy) is 2. The van der Waals surface area contributed by atoms with E-state index in [1.807, 2.05) is 62.4 Å². The molecule has 1 heterocycles. The zero-order valence-corrected chi connectivity index (χ0v) is 14.5. The van der Waals surface area contributed by atoms with Crippen LogP contribution in [0.3, 0.4) is 0 Å². The zero-order chi connectivity index (χ0) is 17.8. The standard InChI is InChI=1S/C20H20N2O3/c1-14-7-4-5-10-19(14)22-15(2)18(12-21-22)20(23)25-13-16-8-6-9-17(11-16)24-3/h4-12H,13H2,1-3H3. The van der Waals surface area contributed by atoms with E-state index < -0.39 is 0 Å². The molecule has 5 nitrogen and oxygen atoms in total. The number of rotatable bonds is 5. The van der Waals surface area contributed by atoms with Gasteiger partial charge in [-0.25, -0.2) is 9.48 Å². The van der Waals surface area contributed by atoms with Crippen LogP contribution in [0.15, 0.2) is 54.7 Å². The molecule has 0 radical (unpaired) electrons. The molecule has 1 aromatic heterocycles. The molecular weight excluding hydrogens is 316 g/mol. The molecule has 128 valence electrons. The van der Waals surface area contributed by atoms with Crippen molar-refractivity contribution in [2.75, 3.05) is 7.11 Å². The number of aryl methyl sites for hydroxylation is 1. The van der Waals surface area contributed by atoms with E-state index in [4.69, 9.17) is 9.47 Å². The number of hydrogen-bond donors (Lipinski definition) is 0. The van der Waals surface area contributed by atoms with E-state index in [1.54, 1.807) is 18.0 Å². The summed E-state index contributed by atoms with van der Waals surface area (Å²) in [5.41, 5.74) is 4.13. The molecule has 0 fully saturated rings. The Kier molecular flexibility index (Phi) is 4.84. The SMILES string of the molecule is COc1cccc(COC(=O)c2cnn(-c3ccccc3C)c2C)c1. The van der Waals surface area contributed by atoms with Gasteiger partial charge < -0.3 is 9.47 Å². The lowest BCUT2D eigenvalue weighted by atomic mass is 10.2. The fraction of sp³-hybridized carbons (Fsp3) is 0.200. The maximum atomic E-state index is 12.4. The molecule has 0 N–H and O–H groups in total. The quantitative estimate of drug-likeness (QED) is 0.664. The number of nitrogens with zero attached hydrogens (tertiary/aromatic N) is 2. The first-order valence-electron chi connectivity index (χ1n) is 8.01. The molecular formula is C20H20N2O3. The largest absolute Gasteiger partial charge is 0.497 e. The van der Waals surface area contributed by atoms with E-state index in [1.165, 1.54) is 0 Å². The minimum atomic E-state index is -0.389. The van der Waals surface area contributed by atoms with E-state index >= 15 is 0 Å². The Morgan fingerprint density at radius 1 is 1.12 bits per heavy atom. The third-order valence-corrected chi connectivity index (χ3v) is 4.08. The molecule has 3 rings (SSSR count). The van der Waals surface area contributed by atoms with Gasteiger partial charge in [0.1, 0.15) is 17.9 Å². The summed E-state index contributed by atoms with van der Waals surface area (Å²) in [5, 5.41) is 4.35. The molecule has 0 unspecified atom stereocenters. The molecule has 0 bridgehead atoms. The highest BCUT2D eigenvalue weighted by Crippen LogP contribution is 2.19. The van der Waals surface area contributed by atoms with Gasteiger partial charge in [0, 0.05) is 0 Å². The lowest BCUT2D eigenvalue weighted by Crippen LogP contribution is -2.08. The first-order chi connectivity index (χ1) is 12.1. The predicted octanol–water partition coefficient (Wildman–Crippen LogP) is 3.85. The normalized spacial score (nSPS) is 10.5. The highest BCUT2D eigenvalue weighted by Gasteiger charge is 2.17. The second kappa shape index (κ2) is 7.21. The topological polar surface area (TPSA) is 53.4 Å². The van der Waals surface area contributed by atoms with Crippen LogP contribution in [0.4, 0.5) is 0 Å². The molecule has 0 atom stereocenters. The summed E-state index contributed by atoms with van der Waals surface area (Å²) in [7, 11) is 1.61. The van der Waals surface area contributed by atoms with Crippen LogP contribution in [-0.2, 0) is 11.3 Å². The van der Waals surface area contributed by atoms with E-state index in [0.717, 1.165) is 28.3 Å². The number of hydrogen-bond acceptors (Lipinski definition) is 4. The van der Waals surface area contributed by atoms with Crippen molar-refractivity contribution in [1.82, 2.24) is 9.78 Å². The number of para-hydroxylation sites is 1. The van der Waals surface area contributed by atoms with Crippen LogP contribution in [0.25, 0.3) is 5.69 Å². The predicted molar refractivity (Wildman–Crippen MR) is 95.2 cm³/mol. The summed E-state index contributed by atoms with van der Waals surface area (Å²) in [6.07, 6.45) is 1.55. The van der Waals surface area contributed by atoms with Gasteiger partial charge in [-0.1, -0.05) is 30.3 Å². The van der Waals surface area contributed by atoms with Crippen LogP contribution < -0.4 is 4.74 Å².